The number of benzene rings is 1. The minimum atomic E-state index is -0.461. The Morgan fingerprint density at radius 3 is 2.48 bits per heavy atom. The Labute approximate surface area is 173 Å². The second kappa shape index (κ2) is 10.5. The molecule has 1 unspecified atom stereocenters. The molecule has 2 saturated heterocycles. The van der Waals surface area contributed by atoms with Crippen LogP contribution in [0.25, 0.3) is 0 Å². The fourth-order valence-electron chi connectivity index (χ4n) is 4.26. The number of methoxy groups -OCH3 is 2. The smallest absolute Gasteiger partial charge is 0.237 e. The van der Waals surface area contributed by atoms with Crippen molar-refractivity contribution < 1.29 is 19.1 Å². The van der Waals surface area contributed by atoms with Gasteiger partial charge < -0.3 is 19.7 Å². The van der Waals surface area contributed by atoms with Gasteiger partial charge in [0.1, 0.15) is 0 Å². The van der Waals surface area contributed by atoms with E-state index >= 15 is 0 Å². The van der Waals surface area contributed by atoms with Gasteiger partial charge in [-0.3, -0.25) is 14.5 Å². The van der Waals surface area contributed by atoms with Crippen LogP contribution in [0, 0.1) is 0 Å². The third-order valence-electron chi connectivity index (χ3n) is 5.88. The molecule has 0 aromatic heterocycles. The number of amides is 2. The van der Waals surface area contributed by atoms with Crippen molar-refractivity contribution in [2.75, 3.05) is 40.4 Å². The van der Waals surface area contributed by atoms with E-state index in [-0.39, 0.29) is 18.2 Å². The molecule has 1 atom stereocenters. The predicted molar refractivity (Wildman–Crippen MR) is 111 cm³/mol. The summed E-state index contributed by atoms with van der Waals surface area (Å²) in [6.07, 6.45) is 5.92. The number of ether oxygens (including phenoxy) is 2. The average Bonchev–Trinajstić information content (AvgIpc) is 2.70. The monoisotopic (exact) mass is 403 g/mol. The third-order valence-corrected chi connectivity index (χ3v) is 5.88. The maximum atomic E-state index is 13.0. The Balaban J connectivity index is 1.72. The molecule has 2 amide bonds. The molecule has 1 aromatic carbocycles. The zero-order valence-electron chi connectivity index (χ0n) is 17.6. The highest BCUT2D eigenvalue weighted by Gasteiger charge is 2.33. The summed E-state index contributed by atoms with van der Waals surface area (Å²) in [6.45, 7) is 3.42. The summed E-state index contributed by atoms with van der Waals surface area (Å²) in [5.74, 6) is 1.35. The average molecular weight is 404 g/mol. The summed E-state index contributed by atoms with van der Waals surface area (Å²) in [7, 11) is 3.23. The van der Waals surface area contributed by atoms with E-state index in [1.54, 1.807) is 14.2 Å². The molecule has 0 bridgehead atoms. The van der Waals surface area contributed by atoms with Crippen molar-refractivity contribution >= 4 is 11.8 Å². The minimum absolute atomic E-state index is 0.0708. The lowest BCUT2D eigenvalue weighted by Gasteiger charge is -2.36. The first-order valence-electron chi connectivity index (χ1n) is 10.6. The molecule has 7 nitrogen and oxygen atoms in total. The summed E-state index contributed by atoms with van der Waals surface area (Å²) in [4.78, 5) is 29.6. The van der Waals surface area contributed by atoms with Crippen molar-refractivity contribution in [3.8, 4) is 11.5 Å². The first kappa shape index (κ1) is 21.4. The van der Waals surface area contributed by atoms with E-state index in [9.17, 15) is 9.59 Å². The van der Waals surface area contributed by atoms with Crippen molar-refractivity contribution in [3.63, 3.8) is 0 Å². The summed E-state index contributed by atoms with van der Waals surface area (Å²) >= 11 is 0. The molecule has 7 heteroatoms. The largest absolute Gasteiger partial charge is 0.493 e. The van der Waals surface area contributed by atoms with Crippen LogP contribution in [0.5, 0.6) is 11.5 Å². The van der Waals surface area contributed by atoms with Crippen LogP contribution in [0.4, 0.5) is 0 Å². The van der Waals surface area contributed by atoms with E-state index in [1.807, 2.05) is 23.1 Å². The first-order chi connectivity index (χ1) is 14.1. The van der Waals surface area contributed by atoms with Crippen molar-refractivity contribution in [2.24, 2.45) is 0 Å². The van der Waals surface area contributed by atoms with E-state index < -0.39 is 6.04 Å². The topological polar surface area (TPSA) is 71.1 Å². The number of nitrogens with zero attached hydrogens (tertiary/aromatic N) is 2. The number of hydrogen-bond donors (Lipinski definition) is 1. The zero-order chi connectivity index (χ0) is 20.6. The van der Waals surface area contributed by atoms with Gasteiger partial charge in [0.05, 0.1) is 26.7 Å². The lowest BCUT2D eigenvalue weighted by molar-refractivity contribution is -0.139. The Bertz CT molecular complexity index is 701. The van der Waals surface area contributed by atoms with Crippen LogP contribution in [0.3, 0.4) is 0 Å². The summed E-state index contributed by atoms with van der Waals surface area (Å²) in [5.41, 5.74) is 0.949. The van der Waals surface area contributed by atoms with Gasteiger partial charge >= 0.3 is 0 Å². The van der Waals surface area contributed by atoms with Crippen LogP contribution in [0.2, 0.25) is 0 Å². The Kier molecular flexibility index (Phi) is 7.75. The Morgan fingerprint density at radius 1 is 1.07 bits per heavy atom. The van der Waals surface area contributed by atoms with Gasteiger partial charge in [-0.15, -0.1) is 0 Å². The van der Waals surface area contributed by atoms with Gasteiger partial charge in [-0.25, -0.2) is 0 Å². The molecular weight excluding hydrogens is 370 g/mol. The van der Waals surface area contributed by atoms with E-state index in [0.29, 0.717) is 31.1 Å². The fraction of sp³-hybridized carbons (Fsp3) is 0.636. The molecule has 0 spiro atoms. The minimum Gasteiger partial charge on any atom is -0.493 e. The van der Waals surface area contributed by atoms with Gasteiger partial charge in [-0.05, 0) is 18.9 Å². The SMILES string of the molecule is COc1cccc(CN2CCNC(=O)C2CC(=O)N2CCCCCCC2)c1OC. The number of piperazine rings is 1. The summed E-state index contributed by atoms with van der Waals surface area (Å²) in [5, 5.41) is 2.92. The van der Waals surface area contributed by atoms with Gasteiger partial charge in [-0.2, -0.15) is 0 Å². The normalized spacial score (nSPS) is 21.1. The van der Waals surface area contributed by atoms with Crippen molar-refractivity contribution in [1.82, 2.24) is 15.1 Å². The molecular formula is C22H33N3O4. The van der Waals surface area contributed by atoms with Gasteiger partial charge in [0, 0.05) is 38.3 Å². The summed E-state index contributed by atoms with van der Waals surface area (Å²) < 4.78 is 10.9. The Morgan fingerprint density at radius 2 is 1.79 bits per heavy atom. The van der Waals surface area contributed by atoms with Gasteiger partial charge in [0.2, 0.25) is 11.8 Å². The van der Waals surface area contributed by atoms with Crippen LogP contribution in [0.15, 0.2) is 18.2 Å². The fourth-order valence-corrected chi connectivity index (χ4v) is 4.26. The standard InChI is InChI=1S/C22H33N3O4/c1-28-19-10-8-9-17(21(19)29-2)16-25-14-11-23-22(27)18(25)15-20(26)24-12-6-4-3-5-7-13-24/h8-10,18H,3-7,11-16H2,1-2H3,(H,23,27). The molecule has 1 aromatic rings. The van der Waals surface area contributed by atoms with Crippen LogP contribution >= 0.6 is 0 Å². The molecule has 3 rings (SSSR count). The number of carbonyl (C=O) groups excluding carboxylic acids is 2. The highest BCUT2D eigenvalue weighted by Crippen LogP contribution is 2.32. The van der Waals surface area contributed by atoms with E-state index in [2.05, 4.69) is 10.2 Å². The molecule has 0 aliphatic carbocycles. The molecule has 1 N–H and O–H groups in total. The highest BCUT2D eigenvalue weighted by atomic mass is 16.5. The second-order valence-corrected chi connectivity index (χ2v) is 7.78. The van der Waals surface area contributed by atoms with E-state index in [0.717, 1.165) is 31.5 Å². The van der Waals surface area contributed by atoms with Crippen molar-refractivity contribution in [2.45, 2.75) is 51.1 Å². The lowest BCUT2D eigenvalue weighted by atomic mass is 10.0. The predicted octanol–water partition coefficient (Wildman–Crippen LogP) is 2.19. The number of rotatable bonds is 6. The van der Waals surface area contributed by atoms with E-state index in [1.165, 1.54) is 19.3 Å². The van der Waals surface area contributed by atoms with Gasteiger partial charge in [0.25, 0.3) is 0 Å². The number of carbonyl (C=O) groups is 2. The molecule has 0 radical (unpaired) electrons. The molecule has 2 heterocycles. The van der Waals surface area contributed by atoms with E-state index in [4.69, 9.17) is 9.47 Å². The molecule has 160 valence electrons. The quantitative estimate of drug-likeness (QED) is 0.788. The number of para-hydroxylation sites is 1. The number of hydrogen-bond acceptors (Lipinski definition) is 5. The molecule has 2 aliphatic heterocycles. The lowest BCUT2D eigenvalue weighted by Crippen LogP contribution is -2.56. The van der Waals surface area contributed by atoms with Crippen molar-refractivity contribution in [1.29, 1.82) is 0 Å². The molecule has 2 aliphatic rings. The number of nitrogens with one attached hydrogen (secondary N) is 1. The molecule has 0 saturated carbocycles. The van der Waals surface area contributed by atoms with Crippen molar-refractivity contribution in [3.05, 3.63) is 23.8 Å². The number of likely N-dealkylation sites (tertiary alicyclic amines) is 1. The highest BCUT2D eigenvalue weighted by molar-refractivity contribution is 5.88. The third kappa shape index (κ3) is 5.41. The van der Waals surface area contributed by atoms with Crippen LogP contribution in [-0.4, -0.2) is 68.1 Å². The maximum absolute atomic E-state index is 13.0. The first-order valence-corrected chi connectivity index (χ1v) is 10.6. The van der Waals surface area contributed by atoms with Crippen LogP contribution in [0.1, 0.15) is 44.1 Å². The van der Waals surface area contributed by atoms with Gasteiger partial charge in [0.15, 0.2) is 11.5 Å². The van der Waals surface area contributed by atoms with Gasteiger partial charge in [-0.1, -0.05) is 31.4 Å². The molecule has 2 fully saturated rings. The van der Waals surface area contributed by atoms with Crippen LogP contribution < -0.4 is 14.8 Å². The zero-order valence-corrected chi connectivity index (χ0v) is 17.6. The van der Waals surface area contributed by atoms with Crippen LogP contribution in [-0.2, 0) is 16.1 Å². The Hall–Kier alpha value is -2.28. The second-order valence-electron chi connectivity index (χ2n) is 7.78. The molecule has 29 heavy (non-hydrogen) atoms. The summed E-state index contributed by atoms with van der Waals surface area (Å²) in [6, 6.07) is 5.29. The maximum Gasteiger partial charge on any atom is 0.237 e.